The number of fused-ring (bicyclic) bond motifs is 2. The Morgan fingerprint density at radius 2 is 1.17 bits per heavy atom. The van der Waals surface area contributed by atoms with E-state index in [1.165, 1.54) is 0 Å². The molecule has 9 heteroatoms. The summed E-state index contributed by atoms with van der Waals surface area (Å²) < 4.78 is 0. The minimum absolute atomic E-state index is 0.0329. The molecule has 232 valence electrons. The Balaban J connectivity index is 0.000000172. The quantitative estimate of drug-likeness (QED) is 0.231. The monoisotopic (exact) mass is 611 g/mol. The lowest BCUT2D eigenvalue weighted by molar-refractivity contribution is -0.121. The lowest BCUT2D eigenvalue weighted by atomic mass is 9.85. The second-order valence-electron chi connectivity index (χ2n) is 12.9. The molecule has 0 bridgehead atoms. The van der Waals surface area contributed by atoms with E-state index >= 15 is 0 Å². The van der Waals surface area contributed by atoms with Crippen LogP contribution >= 0.6 is 0 Å². The summed E-state index contributed by atoms with van der Waals surface area (Å²) in [5, 5.41) is 2.93. The SMILES string of the molecule is Cc1ncc(-c2ccc3c(c2)N(c2ccc(C)c(C)n2)C(=O)C3(C)C)cn1.Cc1ncc(-c2ccc3c(c2)NC(=O)C3(C)C)cn1. The van der Waals surface area contributed by atoms with Crippen molar-refractivity contribution < 1.29 is 9.59 Å². The van der Waals surface area contributed by atoms with Crippen LogP contribution in [0.25, 0.3) is 22.3 Å². The summed E-state index contributed by atoms with van der Waals surface area (Å²) in [5.41, 5.74) is 8.64. The highest BCUT2D eigenvalue weighted by molar-refractivity contribution is 6.12. The summed E-state index contributed by atoms with van der Waals surface area (Å²) in [4.78, 5) is 48.5. The van der Waals surface area contributed by atoms with Crippen molar-refractivity contribution in [2.75, 3.05) is 10.2 Å². The first kappa shape index (κ1) is 30.7. The van der Waals surface area contributed by atoms with E-state index in [1.54, 1.807) is 17.3 Å². The van der Waals surface area contributed by atoms with Gasteiger partial charge in [0.25, 0.3) is 0 Å². The number of amides is 2. The third-order valence-corrected chi connectivity index (χ3v) is 8.95. The predicted octanol–water partition coefficient (Wildman–Crippen LogP) is 7.10. The molecular formula is C37H37N7O2. The standard InChI is InChI=1S/C22H22N4O.C15H15N3O/c1-13-6-9-20(25-14(13)2)26-19-10-16(17-11-23-15(3)24-12-17)7-8-18(19)22(4,5)21(26)27;1-9-16-7-11(8-17-9)10-4-5-12-13(6-10)18-14(19)15(12,2)3/h6-12H,1-5H3;4-8H,1-3H3,(H,18,19). The molecule has 1 N–H and O–H groups in total. The highest BCUT2D eigenvalue weighted by atomic mass is 16.2. The summed E-state index contributed by atoms with van der Waals surface area (Å²) in [6.07, 6.45) is 7.22. The van der Waals surface area contributed by atoms with Gasteiger partial charge in [0.1, 0.15) is 17.5 Å². The zero-order valence-corrected chi connectivity index (χ0v) is 27.4. The van der Waals surface area contributed by atoms with Gasteiger partial charge in [-0.25, -0.2) is 24.9 Å². The molecule has 7 rings (SSSR count). The third-order valence-electron chi connectivity index (χ3n) is 8.95. The first-order valence-corrected chi connectivity index (χ1v) is 15.2. The first-order chi connectivity index (χ1) is 21.8. The van der Waals surface area contributed by atoms with E-state index < -0.39 is 10.8 Å². The molecule has 0 aliphatic carbocycles. The maximum absolute atomic E-state index is 13.2. The van der Waals surface area contributed by atoms with Gasteiger partial charge in [0.15, 0.2) is 0 Å². The molecule has 2 aliphatic heterocycles. The van der Waals surface area contributed by atoms with E-state index in [-0.39, 0.29) is 11.8 Å². The number of aryl methyl sites for hydroxylation is 4. The number of aromatic nitrogens is 5. The number of benzene rings is 2. The second-order valence-corrected chi connectivity index (χ2v) is 12.9. The van der Waals surface area contributed by atoms with E-state index in [1.807, 2.05) is 116 Å². The number of nitrogens with one attached hydrogen (secondary N) is 1. The smallest absolute Gasteiger partial charge is 0.242 e. The van der Waals surface area contributed by atoms with Gasteiger partial charge in [0.05, 0.1) is 16.5 Å². The highest BCUT2D eigenvalue weighted by Crippen LogP contribution is 2.46. The van der Waals surface area contributed by atoms with Crippen LogP contribution in [0.1, 0.15) is 61.7 Å². The zero-order chi connectivity index (χ0) is 33.0. The van der Waals surface area contributed by atoms with Gasteiger partial charge >= 0.3 is 0 Å². The molecule has 46 heavy (non-hydrogen) atoms. The number of carbonyl (C=O) groups excluding carboxylic acids is 2. The molecule has 3 aromatic heterocycles. The van der Waals surface area contributed by atoms with E-state index in [2.05, 4.69) is 30.2 Å². The molecule has 5 heterocycles. The Hall–Kier alpha value is -5.31. The Morgan fingerprint density at radius 1 is 0.630 bits per heavy atom. The molecule has 2 amide bonds. The number of rotatable bonds is 3. The van der Waals surface area contributed by atoms with Crippen molar-refractivity contribution in [3.05, 3.63) is 107 Å². The predicted molar refractivity (Wildman–Crippen MR) is 180 cm³/mol. The van der Waals surface area contributed by atoms with E-state index in [0.29, 0.717) is 5.82 Å². The van der Waals surface area contributed by atoms with Crippen LogP contribution in [0.5, 0.6) is 0 Å². The first-order valence-electron chi connectivity index (χ1n) is 15.2. The number of nitrogens with zero attached hydrogens (tertiary/aromatic N) is 6. The Bertz CT molecular complexity index is 2000. The summed E-state index contributed by atoms with van der Waals surface area (Å²) in [6.45, 7) is 15.5. The van der Waals surface area contributed by atoms with Crippen LogP contribution in [0.3, 0.4) is 0 Å². The van der Waals surface area contributed by atoms with Crippen molar-refractivity contribution in [2.45, 2.75) is 66.2 Å². The highest BCUT2D eigenvalue weighted by Gasteiger charge is 2.45. The maximum atomic E-state index is 13.2. The number of carbonyl (C=O) groups is 2. The van der Waals surface area contributed by atoms with Crippen molar-refractivity contribution in [1.82, 2.24) is 24.9 Å². The molecule has 9 nitrogen and oxygen atoms in total. The number of anilines is 3. The molecule has 0 saturated carbocycles. The van der Waals surface area contributed by atoms with Crippen LogP contribution in [-0.4, -0.2) is 36.7 Å². The number of hydrogen-bond donors (Lipinski definition) is 1. The van der Waals surface area contributed by atoms with Crippen LogP contribution in [-0.2, 0) is 20.4 Å². The molecule has 0 saturated heterocycles. The fraction of sp³-hybridized carbons (Fsp3) is 0.270. The molecule has 2 aliphatic rings. The number of hydrogen-bond acceptors (Lipinski definition) is 7. The number of pyridine rings is 1. The van der Waals surface area contributed by atoms with Crippen LogP contribution in [0, 0.1) is 27.7 Å². The normalized spacial score (nSPS) is 15.5. The Kier molecular flexibility index (Phi) is 7.51. The topological polar surface area (TPSA) is 114 Å². The van der Waals surface area contributed by atoms with Gasteiger partial charge in [-0.2, -0.15) is 0 Å². The zero-order valence-electron chi connectivity index (χ0n) is 27.4. The lowest BCUT2D eigenvalue weighted by Crippen LogP contribution is -2.33. The van der Waals surface area contributed by atoms with Gasteiger partial charge in [-0.05, 0) is 101 Å². The van der Waals surface area contributed by atoms with Crippen molar-refractivity contribution >= 4 is 29.0 Å². The van der Waals surface area contributed by atoms with E-state index in [4.69, 9.17) is 0 Å². The largest absolute Gasteiger partial charge is 0.325 e. The van der Waals surface area contributed by atoms with Crippen molar-refractivity contribution in [1.29, 1.82) is 0 Å². The molecule has 5 aromatic rings. The van der Waals surface area contributed by atoms with Crippen molar-refractivity contribution in [3.8, 4) is 22.3 Å². The Labute approximate surface area is 269 Å². The molecule has 0 spiro atoms. The molecule has 0 fully saturated rings. The van der Waals surface area contributed by atoms with Gasteiger partial charge < -0.3 is 5.32 Å². The van der Waals surface area contributed by atoms with Crippen molar-refractivity contribution in [3.63, 3.8) is 0 Å². The van der Waals surface area contributed by atoms with Gasteiger partial charge in [-0.3, -0.25) is 14.5 Å². The van der Waals surface area contributed by atoms with Crippen LogP contribution in [0.4, 0.5) is 17.2 Å². The molecule has 0 radical (unpaired) electrons. The van der Waals surface area contributed by atoms with Gasteiger partial charge in [-0.15, -0.1) is 0 Å². The minimum atomic E-state index is -0.599. The summed E-state index contributed by atoms with van der Waals surface area (Å²) in [6, 6.07) is 16.0. The van der Waals surface area contributed by atoms with Gasteiger partial charge in [0, 0.05) is 47.3 Å². The molecule has 0 atom stereocenters. The van der Waals surface area contributed by atoms with E-state index in [9.17, 15) is 9.59 Å². The van der Waals surface area contributed by atoms with E-state index in [0.717, 1.165) is 67.7 Å². The fourth-order valence-electron chi connectivity index (χ4n) is 5.75. The molecular weight excluding hydrogens is 574 g/mol. The van der Waals surface area contributed by atoms with Gasteiger partial charge in [0.2, 0.25) is 11.8 Å². The summed E-state index contributed by atoms with van der Waals surface area (Å²) in [7, 11) is 0. The maximum Gasteiger partial charge on any atom is 0.242 e. The third kappa shape index (κ3) is 5.31. The minimum Gasteiger partial charge on any atom is -0.325 e. The fourth-order valence-corrected chi connectivity index (χ4v) is 5.75. The van der Waals surface area contributed by atoms with Crippen molar-refractivity contribution in [2.24, 2.45) is 0 Å². The average molecular weight is 612 g/mol. The lowest BCUT2D eigenvalue weighted by Gasteiger charge is -2.20. The van der Waals surface area contributed by atoms with Crippen LogP contribution in [0.15, 0.2) is 73.3 Å². The van der Waals surface area contributed by atoms with Gasteiger partial charge in [-0.1, -0.05) is 30.3 Å². The summed E-state index contributed by atoms with van der Waals surface area (Å²) >= 11 is 0. The van der Waals surface area contributed by atoms with Crippen LogP contribution < -0.4 is 10.2 Å². The Morgan fingerprint density at radius 3 is 1.74 bits per heavy atom. The molecule has 0 unspecified atom stereocenters. The summed E-state index contributed by atoms with van der Waals surface area (Å²) in [5.74, 6) is 2.22. The van der Waals surface area contributed by atoms with Crippen LogP contribution in [0.2, 0.25) is 0 Å². The second kappa shape index (κ2) is 11.2. The molecule has 2 aromatic carbocycles. The average Bonchev–Trinajstić information content (AvgIpc) is 3.38.